The van der Waals surface area contributed by atoms with Gasteiger partial charge >= 0.3 is 0 Å². The van der Waals surface area contributed by atoms with Crippen molar-refractivity contribution in [1.29, 1.82) is 0 Å². The van der Waals surface area contributed by atoms with Gasteiger partial charge in [0.1, 0.15) is 6.61 Å². The molecular formula is C12H14O2. The minimum atomic E-state index is 0.489. The van der Waals surface area contributed by atoms with Crippen molar-refractivity contribution >= 4 is 0 Å². The topological polar surface area (TPSA) is 18.5 Å². The molecule has 0 aromatic rings. The molecular weight excluding hydrogens is 176 g/mol. The van der Waals surface area contributed by atoms with Gasteiger partial charge in [-0.1, -0.05) is 11.8 Å². The molecule has 2 nitrogen and oxygen atoms in total. The number of hydrogen-bond donors (Lipinski definition) is 0. The molecule has 0 atom stereocenters. The van der Waals surface area contributed by atoms with Gasteiger partial charge in [-0.2, -0.15) is 0 Å². The lowest BCUT2D eigenvalue weighted by molar-refractivity contribution is 0.115. The van der Waals surface area contributed by atoms with Gasteiger partial charge in [0, 0.05) is 7.11 Å². The average molecular weight is 190 g/mol. The molecule has 0 aliphatic heterocycles. The van der Waals surface area contributed by atoms with Crippen molar-refractivity contribution in [3.05, 3.63) is 47.4 Å². The van der Waals surface area contributed by atoms with Gasteiger partial charge in [0.2, 0.25) is 0 Å². The lowest BCUT2D eigenvalue weighted by atomic mass is 10.4. The van der Waals surface area contributed by atoms with E-state index in [9.17, 15) is 0 Å². The van der Waals surface area contributed by atoms with E-state index in [1.807, 2.05) is 13.0 Å². The minimum Gasteiger partial charge on any atom is -0.483 e. The second-order valence-corrected chi connectivity index (χ2v) is 2.26. The Kier molecular flexibility index (Phi) is 8.34. The third-order valence-electron chi connectivity index (χ3n) is 1.20. The molecule has 0 aliphatic carbocycles. The van der Waals surface area contributed by atoms with Gasteiger partial charge in [-0.15, -0.1) is 0 Å². The molecule has 0 saturated heterocycles. The highest BCUT2D eigenvalue weighted by molar-refractivity contribution is 5.10. The lowest BCUT2D eigenvalue weighted by Crippen LogP contribution is -1.99. The molecule has 74 valence electrons. The molecule has 0 aromatic carbocycles. The molecule has 0 rings (SSSR count). The fraction of sp³-hybridized carbons (Fsp3) is 0.333. The normalized spacial score (nSPS) is 8.43. The Morgan fingerprint density at radius 2 is 2.14 bits per heavy atom. The molecule has 14 heavy (non-hydrogen) atoms. The van der Waals surface area contributed by atoms with E-state index in [1.165, 1.54) is 0 Å². The predicted octanol–water partition coefficient (Wildman–Crippen LogP) is 2.36. The summed E-state index contributed by atoms with van der Waals surface area (Å²) in [6.07, 6.45) is 3.64. The van der Waals surface area contributed by atoms with Crippen LogP contribution in [0.3, 0.4) is 0 Å². The van der Waals surface area contributed by atoms with Gasteiger partial charge in [0.15, 0.2) is 5.76 Å². The fourth-order valence-corrected chi connectivity index (χ4v) is 0.649. The molecule has 0 aromatic heterocycles. The summed E-state index contributed by atoms with van der Waals surface area (Å²) in [7, 11) is 1.62. The van der Waals surface area contributed by atoms with Crippen LogP contribution in [0.5, 0.6) is 0 Å². The highest BCUT2D eigenvalue weighted by atomic mass is 16.5. The Labute approximate surface area is 84.8 Å². The molecule has 0 unspecified atom stereocenters. The van der Waals surface area contributed by atoms with Gasteiger partial charge in [-0.25, -0.2) is 0 Å². The quantitative estimate of drug-likeness (QED) is 0.287. The Bertz CT molecular complexity index is 327. The van der Waals surface area contributed by atoms with Crippen LogP contribution >= 0.6 is 0 Å². The molecule has 0 radical (unpaired) electrons. The third kappa shape index (κ3) is 7.03. The van der Waals surface area contributed by atoms with Crippen LogP contribution < -0.4 is 0 Å². The van der Waals surface area contributed by atoms with Gasteiger partial charge in [0.25, 0.3) is 0 Å². The zero-order valence-corrected chi connectivity index (χ0v) is 8.59. The summed E-state index contributed by atoms with van der Waals surface area (Å²) in [5.74, 6) is 0.590. The van der Waals surface area contributed by atoms with E-state index in [-0.39, 0.29) is 0 Å². The van der Waals surface area contributed by atoms with Crippen LogP contribution in [0.15, 0.2) is 47.4 Å². The average Bonchev–Trinajstić information content (AvgIpc) is 2.18. The Hall–Kier alpha value is -1.64. The summed E-state index contributed by atoms with van der Waals surface area (Å²) in [6, 6.07) is 0. The fourth-order valence-electron chi connectivity index (χ4n) is 0.649. The van der Waals surface area contributed by atoms with Crippen molar-refractivity contribution in [1.82, 2.24) is 0 Å². The van der Waals surface area contributed by atoms with Gasteiger partial charge < -0.3 is 9.47 Å². The van der Waals surface area contributed by atoms with Crippen LogP contribution in [-0.4, -0.2) is 20.3 Å². The number of hydrogen-bond acceptors (Lipinski definition) is 2. The van der Waals surface area contributed by atoms with E-state index in [0.29, 0.717) is 19.0 Å². The number of rotatable bonds is 5. The SMILES string of the molecule is C=C=C=C=C=C(C=CC)OCCOC. The minimum absolute atomic E-state index is 0.489. The highest BCUT2D eigenvalue weighted by Crippen LogP contribution is 1.96. The summed E-state index contributed by atoms with van der Waals surface area (Å²) >= 11 is 0. The molecule has 0 fully saturated rings. The van der Waals surface area contributed by atoms with Crippen molar-refractivity contribution in [3.63, 3.8) is 0 Å². The second kappa shape index (κ2) is 9.45. The zero-order valence-electron chi connectivity index (χ0n) is 8.59. The molecule has 0 heterocycles. The van der Waals surface area contributed by atoms with Crippen LogP contribution in [0, 0.1) is 0 Å². The molecule has 0 saturated carbocycles. The van der Waals surface area contributed by atoms with Gasteiger partial charge in [0.05, 0.1) is 6.61 Å². The summed E-state index contributed by atoms with van der Waals surface area (Å²) in [6.45, 7) is 6.28. The molecule has 0 N–H and O–H groups in total. The van der Waals surface area contributed by atoms with Crippen LogP contribution in [0.25, 0.3) is 0 Å². The zero-order chi connectivity index (χ0) is 10.6. The monoisotopic (exact) mass is 190 g/mol. The van der Waals surface area contributed by atoms with E-state index < -0.39 is 0 Å². The Morgan fingerprint density at radius 1 is 1.36 bits per heavy atom. The maximum atomic E-state index is 5.31. The predicted molar refractivity (Wildman–Crippen MR) is 55.8 cm³/mol. The van der Waals surface area contributed by atoms with E-state index in [2.05, 4.69) is 29.5 Å². The number of methoxy groups -OCH3 is 1. The van der Waals surface area contributed by atoms with Crippen molar-refractivity contribution in [2.45, 2.75) is 6.92 Å². The first-order chi connectivity index (χ1) is 6.85. The van der Waals surface area contributed by atoms with Gasteiger partial charge in [-0.3, -0.25) is 0 Å². The summed E-state index contributed by atoms with van der Waals surface area (Å²) in [5.41, 5.74) is 10.4. The molecule has 2 heteroatoms. The second-order valence-electron chi connectivity index (χ2n) is 2.26. The van der Waals surface area contributed by atoms with E-state index in [0.717, 1.165) is 0 Å². The third-order valence-corrected chi connectivity index (χ3v) is 1.20. The standard InChI is InChI=1S/C12H14O2/c1-4-6-7-9-12(8-5-2)14-11-10-13-3/h5,8H,1,10-11H2,2-3H3. The summed E-state index contributed by atoms with van der Waals surface area (Å²) < 4.78 is 10.2. The Morgan fingerprint density at radius 3 is 2.71 bits per heavy atom. The molecule has 0 amide bonds. The highest BCUT2D eigenvalue weighted by Gasteiger charge is 1.89. The maximum absolute atomic E-state index is 5.31. The first-order valence-corrected chi connectivity index (χ1v) is 4.24. The van der Waals surface area contributed by atoms with Gasteiger partial charge in [-0.05, 0) is 36.8 Å². The van der Waals surface area contributed by atoms with Crippen molar-refractivity contribution < 1.29 is 9.47 Å². The number of allylic oxidation sites excluding steroid dienone is 2. The summed E-state index contributed by atoms with van der Waals surface area (Å²) in [5, 5.41) is 0. The molecule has 0 spiro atoms. The van der Waals surface area contributed by atoms with Crippen LogP contribution in [0.4, 0.5) is 0 Å². The van der Waals surface area contributed by atoms with Crippen molar-refractivity contribution in [2.75, 3.05) is 20.3 Å². The maximum Gasteiger partial charge on any atom is 0.170 e. The molecule has 0 bridgehead atoms. The smallest absolute Gasteiger partial charge is 0.170 e. The summed E-state index contributed by atoms with van der Waals surface area (Å²) in [4.78, 5) is 0. The van der Waals surface area contributed by atoms with Crippen LogP contribution in [0.1, 0.15) is 6.92 Å². The first-order valence-electron chi connectivity index (χ1n) is 4.24. The Balaban J connectivity index is 4.53. The van der Waals surface area contributed by atoms with Crippen molar-refractivity contribution in [3.8, 4) is 0 Å². The van der Waals surface area contributed by atoms with Crippen molar-refractivity contribution in [2.24, 2.45) is 0 Å². The van der Waals surface area contributed by atoms with E-state index >= 15 is 0 Å². The van der Waals surface area contributed by atoms with E-state index in [4.69, 9.17) is 9.47 Å². The largest absolute Gasteiger partial charge is 0.483 e. The van der Waals surface area contributed by atoms with E-state index in [1.54, 1.807) is 13.2 Å². The van der Waals surface area contributed by atoms with Crippen LogP contribution in [-0.2, 0) is 9.47 Å². The van der Waals surface area contributed by atoms with Crippen LogP contribution in [0.2, 0.25) is 0 Å². The molecule has 0 aliphatic rings. The first kappa shape index (κ1) is 12.4. The lowest BCUT2D eigenvalue weighted by Gasteiger charge is -2.02. The number of ether oxygens (including phenoxy) is 2.